The number of aryl methyl sites for hydroxylation is 2. The van der Waals surface area contributed by atoms with Gasteiger partial charge < -0.3 is 19.6 Å². The van der Waals surface area contributed by atoms with Crippen molar-refractivity contribution in [1.29, 1.82) is 0 Å². The minimum Gasteiger partial charge on any atom is -0.478 e. The number of hydrogen-bond acceptors (Lipinski definition) is 6. The fourth-order valence-electron chi connectivity index (χ4n) is 6.68. The summed E-state index contributed by atoms with van der Waals surface area (Å²) in [6, 6.07) is 20.7. The molecule has 0 saturated carbocycles. The molecule has 8 nitrogen and oxygen atoms in total. The molecule has 0 spiro atoms. The van der Waals surface area contributed by atoms with Crippen LogP contribution in [-0.4, -0.2) is 81.7 Å². The SMILES string of the molecule is Cc1cc(C(=O)O)ccc1Sc1ccc(CN2CCC(N3C(=O)N(C4CCOCC4)C[C@H]3c3ccccc3)CC2)c(C)n1. The van der Waals surface area contributed by atoms with Crippen LogP contribution in [0.5, 0.6) is 0 Å². The minimum absolute atomic E-state index is 0.0913. The van der Waals surface area contributed by atoms with Gasteiger partial charge >= 0.3 is 12.0 Å². The Morgan fingerprint density at radius 2 is 1.72 bits per heavy atom. The third-order valence-electron chi connectivity index (χ3n) is 9.14. The molecule has 1 aromatic heterocycles. The number of carboxylic acids is 1. The Balaban J connectivity index is 1.09. The highest BCUT2D eigenvalue weighted by Crippen LogP contribution is 2.37. The van der Waals surface area contributed by atoms with Gasteiger partial charge in [-0.1, -0.05) is 48.2 Å². The molecule has 3 aromatic rings. The fraction of sp³-hybridized carbons (Fsp3) is 0.441. The van der Waals surface area contributed by atoms with Gasteiger partial charge in [0.1, 0.15) is 5.03 Å². The largest absolute Gasteiger partial charge is 0.478 e. The van der Waals surface area contributed by atoms with Gasteiger partial charge in [-0.25, -0.2) is 14.6 Å². The van der Waals surface area contributed by atoms with E-state index in [1.807, 2.05) is 19.1 Å². The summed E-state index contributed by atoms with van der Waals surface area (Å²) in [6.07, 6.45) is 3.76. The lowest BCUT2D eigenvalue weighted by atomic mass is 9.98. The smallest absolute Gasteiger partial charge is 0.335 e. The first kappa shape index (κ1) is 29.7. The number of pyridine rings is 1. The van der Waals surface area contributed by atoms with Crippen LogP contribution in [0.25, 0.3) is 0 Å². The lowest BCUT2D eigenvalue weighted by Gasteiger charge is -2.39. The van der Waals surface area contributed by atoms with Crippen LogP contribution in [0.15, 0.2) is 70.6 Å². The number of ether oxygens (including phenoxy) is 1. The van der Waals surface area contributed by atoms with E-state index in [1.165, 1.54) is 11.1 Å². The predicted octanol–water partition coefficient (Wildman–Crippen LogP) is 6.17. The molecule has 1 N–H and O–H groups in total. The van der Waals surface area contributed by atoms with E-state index in [0.717, 1.165) is 86.3 Å². The molecule has 4 heterocycles. The van der Waals surface area contributed by atoms with Crippen molar-refractivity contribution in [3.05, 3.63) is 88.6 Å². The van der Waals surface area contributed by atoms with E-state index in [2.05, 4.69) is 58.0 Å². The van der Waals surface area contributed by atoms with Crippen LogP contribution >= 0.6 is 11.8 Å². The van der Waals surface area contributed by atoms with E-state index >= 15 is 0 Å². The first-order valence-electron chi connectivity index (χ1n) is 15.3. The summed E-state index contributed by atoms with van der Waals surface area (Å²) in [5, 5.41) is 10.1. The van der Waals surface area contributed by atoms with Crippen molar-refractivity contribution in [2.24, 2.45) is 0 Å². The summed E-state index contributed by atoms with van der Waals surface area (Å²) in [7, 11) is 0. The zero-order chi connectivity index (χ0) is 29.9. The number of carbonyl (C=O) groups excluding carboxylic acids is 1. The van der Waals surface area contributed by atoms with Gasteiger partial charge in [-0.3, -0.25) is 4.90 Å². The number of aromatic carboxylic acids is 1. The van der Waals surface area contributed by atoms with E-state index in [-0.39, 0.29) is 24.2 Å². The monoisotopic (exact) mass is 600 g/mol. The van der Waals surface area contributed by atoms with E-state index in [0.29, 0.717) is 5.56 Å². The molecule has 3 fully saturated rings. The van der Waals surface area contributed by atoms with Crippen molar-refractivity contribution in [3.63, 3.8) is 0 Å². The van der Waals surface area contributed by atoms with Crippen LogP contribution in [0.3, 0.4) is 0 Å². The number of piperidine rings is 1. The highest BCUT2D eigenvalue weighted by atomic mass is 32.2. The van der Waals surface area contributed by atoms with Gasteiger partial charge in [-0.2, -0.15) is 0 Å². The molecular formula is C34H40N4O4S. The third-order valence-corrected chi connectivity index (χ3v) is 10.3. The molecular weight excluding hydrogens is 560 g/mol. The molecule has 3 saturated heterocycles. The molecule has 2 amide bonds. The van der Waals surface area contributed by atoms with Crippen molar-refractivity contribution in [3.8, 4) is 0 Å². The molecule has 3 aliphatic rings. The third kappa shape index (κ3) is 6.59. The van der Waals surface area contributed by atoms with Crippen LogP contribution in [0.1, 0.15) is 64.5 Å². The number of hydrogen-bond donors (Lipinski definition) is 1. The van der Waals surface area contributed by atoms with Crippen molar-refractivity contribution in [1.82, 2.24) is 19.7 Å². The second kappa shape index (κ2) is 13.1. The van der Waals surface area contributed by atoms with Crippen LogP contribution in [0.2, 0.25) is 0 Å². The highest BCUT2D eigenvalue weighted by molar-refractivity contribution is 7.99. The molecule has 0 radical (unpaired) electrons. The summed E-state index contributed by atoms with van der Waals surface area (Å²) < 4.78 is 5.59. The Hall–Kier alpha value is -3.40. The average molecular weight is 601 g/mol. The zero-order valence-electron chi connectivity index (χ0n) is 24.9. The maximum Gasteiger partial charge on any atom is 0.335 e. The standard InChI is InChI=1S/C34H40N4O4S/c1-23-20-26(33(39)40)8-10-31(23)43-32-11-9-27(24(2)35-32)21-36-16-12-29(13-17-36)38-30(25-6-4-3-5-7-25)22-37(34(38)41)28-14-18-42-19-15-28/h3-11,20,28-30H,12-19,21-22H2,1-2H3,(H,39,40)/t30-/m0/s1. The molecule has 0 bridgehead atoms. The lowest BCUT2D eigenvalue weighted by Crippen LogP contribution is -2.48. The fourth-order valence-corrected chi connectivity index (χ4v) is 7.58. The number of benzene rings is 2. The van der Waals surface area contributed by atoms with Crippen molar-refractivity contribution < 1.29 is 19.4 Å². The Kier molecular flexibility index (Phi) is 9.02. The Morgan fingerprint density at radius 1 is 0.977 bits per heavy atom. The normalized spacial score (nSPS) is 20.6. The Morgan fingerprint density at radius 3 is 2.40 bits per heavy atom. The first-order valence-corrected chi connectivity index (χ1v) is 16.1. The van der Waals surface area contributed by atoms with Gasteiger partial charge in [0.05, 0.1) is 11.6 Å². The molecule has 2 aromatic carbocycles. The molecule has 1 atom stereocenters. The molecule has 43 heavy (non-hydrogen) atoms. The van der Waals surface area contributed by atoms with Gasteiger partial charge in [-0.15, -0.1) is 0 Å². The number of urea groups is 1. The van der Waals surface area contributed by atoms with E-state index in [9.17, 15) is 14.7 Å². The minimum atomic E-state index is -0.915. The quantitative estimate of drug-likeness (QED) is 0.331. The topological polar surface area (TPSA) is 86.2 Å². The molecule has 226 valence electrons. The summed E-state index contributed by atoms with van der Waals surface area (Å²) in [5.41, 5.74) is 4.67. The maximum absolute atomic E-state index is 13.9. The molecule has 9 heteroatoms. The second-order valence-corrected chi connectivity index (χ2v) is 13.0. The van der Waals surface area contributed by atoms with Gasteiger partial charge in [0.15, 0.2) is 0 Å². The summed E-state index contributed by atoms with van der Waals surface area (Å²) in [5.74, 6) is -0.915. The van der Waals surface area contributed by atoms with Crippen molar-refractivity contribution >= 4 is 23.8 Å². The molecule has 0 unspecified atom stereocenters. The molecule has 0 aliphatic carbocycles. The number of amides is 2. The zero-order valence-corrected chi connectivity index (χ0v) is 25.8. The van der Waals surface area contributed by atoms with Crippen molar-refractivity contribution in [2.75, 3.05) is 32.8 Å². The number of carboxylic acid groups (broad SMARTS) is 1. The van der Waals surface area contributed by atoms with Crippen LogP contribution in [0, 0.1) is 13.8 Å². The molecule has 6 rings (SSSR count). The predicted molar refractivity (Wildman–Crippen MR) is 166 cm³/mol. The highest BCUT2D eigenvalue weighted by Gasteiger charge is 2.45. The summed E-state index contributed by atoms with van der Waals surface area (Å²) >= 11 is 1.56. The van der Waals surface area contributed by atoms with E-state index in [1.54, 1.807) is 23.9 Å². The van der Waals surface area contributed by atoms with E-state index in [4.69, 9.17) is 9.72 Å². The van der Waals surface area contributed by atoms with Crippen LogP contribution < -0.4 is 0 Å². The van der Waals surface area contributed by atoms with Gasteiger partial charge in [-0.05, 0) is 80.5 Å². The first-order chi connectivity index (χ1) is 20.9. The number of aromatic nitrogens is 1. The Bertz CT molecular complexity index is 1450. The number of nitrogens with zero attached hydrogens (tertiary/aromatic N) is 4. The summed E-state index contributed by atoms with van der Waals surface area (Å²) in [4.78, 5) is 37.9. The molecule has 3 aliphatic heterocycles. The van der Waals surface area contributed by atoms with Crippen LogP contribution in [0.4, 0.5) is 4.79 Å². The van der Waals surface area contributed by atoms with Gasteiger partial charge in [0.25, 0.3) is 0 Å². The lowest BCUT2D eigenvalue weighted by molar-refractivity contribution is 0.0493. The maximum atomic E-state index is 13.9. The number of rotatable bonds is 8. The van der Waals surface area contributed by atoms with E-state index < -0.39 is 5.97 Å². The summed E-state index contributed by atoms with van der Waals surface area (Å²) in [6.45, 7) is 8.94. The van der Waals surface area contributed by atoms with Gasteiger partial charge in [0, 0.05) is 62.1 Å². The number of likely N-dealkylation sites (tertiary alicyclic amines) is 1. The second-order valence-electron chi connectivity index (χ2n) is 11.9. The number of carbonyl (C=O) groups is 2. The average Bonchev–Trinajstić information content (AvgIpc) is 3.37. The van der Waals surface area contributed by atoms with Crippen molar-refractivity contribution in [2.45, 2.75) is 74.1 Å². The van der Waals surface area contributed by atoms with Crippen LogP contribution in [-0.2, 0) is 11.3 Å². The van der Waals surface area contributed by atoms with Gasteiger partial charge in [0.2, 0.25) is 0 Å². The Labute approximate surface area is 258 Å².